The lowest BCUT2D eigenvalue weighted by Gasteiger charge is -2.39. The molecule has 0 amide bonds. The number of nitriles is 1. The van der Waals surface area contributed by atoms with Crippen molar-refractivity contribution in [1.82, 2.24) is 9.55 Å². The van der Waals surface area contributed by atoms with Crippen LogP contribution in [0.15, 0.2) is 47.3 Å². The molecule has 0 aliphatic carbocycles. The SMILES string of the molecule is Cn1c(=O)cc(N2CC[C@@H](Oc3cccc(C(F)(F)F)c3)[C@H](OCC(F)(F)F)C2)c2nc(C#N)ccc21. The zero-order valence-electron chi connectivity index (χ0n) is 19.3. The second-order valence-corrected chi connectivity index (χ2v) is 8.48. The van der Waals surface area contributed by atoms with Crippen molar-refractivity contribution in [3.63, 3.8) is 0 Å². The molecule has 0 radical (unpaired) electrons. The van der Waals surface area contributed by atoms with E-state index in [0.29, 0.717) is 16.7 Å². The van der Waals surface area contributed by atoms with E-state index in [4.69, 9.17) is 9.47 Å². The van der Waals surface area contributed by atoms with Gasteiger partial charge >= 0.3 is 12.4 Å². The first kappa shape index (κ1) is 26.3. The van der Waals surface area contributed by atoms with E-state index < -0.39 is 42.3 Å². The summed E-state index contributed by atoms with van der Waals surface area (Å²) in [5.41, 5.74) is -0.261. The Morgan fingerprint density at radius 2 is 1.86 bits per heavy atom. The van der Waals surface area contributed by atoms with Crippen molar-refractivity contribution >= 4 is 16.7 Å². The number of fused-ring (bicyclic) bond motifs is 1. The molecular weight excluding hydrogens is 506 g/mol. The highest BCUT2D eigenvalue weighted by Gasteiger charge is 2.37. The molecule has 196 valence electrons. The summed E-state index contributed by atoms with van der Waals surface area (Å²) in [6.07, 6.45) is -11.4. The number of anilines is 1. The largest absolute Gasteiger partial charge is 0.488 e. The van der Waals surface area contributed by atoms with Gasteiger partial charge in [0.2, 0.25) is 0 Å². The summed E-state index contributed by atoms with van der Waals surface area (Å²) in [5, 5.41) is 9.25. The van der Waals surface area contributed by atoms with Crippen LogP contribution in [0.2, 0.25) is 0 Å². The molecule has 0 N–H and O–H groups in total. The fourth-order valence-electron chi connectivity index (χ4n) is 4.15. The molecule has 0 spiro atoms. The zero-order chi connectivity index (χ0) is 27.0. The van der Waals surface area contributed by atoms with Crippen molar-refractivity contribution in [1.29, 1.82) is 5.26 Å². The fraction of sp³-hybridized carbons (Fsp3) is 0.375. The van der Waals surface area contributed by atoms with Crippen LogP contribution in [-0.2, 0) is 18.0 Å². The summed E-state index contributed by atoms with van der Waals surface area (Å²) < 4.78 is 90.3. The molecule has 1 saturated heterocycles. The lowest BCUT2D eigenvalue weighted by Crippen LogP contribution is -2.51. The Balaban J connectivity index is 1.66. The number of rotatable bonds is 5. The van der Waals surface area contributed by atoms with Gasteiger partial charge in [-0.05, 0) is 30.3 Å². The second kappa shape index (κ2) is 9.93. The molecule has 0 saturated carbocycles. The number of aromatic nitrogens is 2. The van der Waals surface area contributed by atoms with Crippen LogP contribution in [0.25, 0.3) is 11.0 Å². The van der Waals surface area contributed by atoms with Crippen molar-refractivity contribution in [2.45, 2.75) is 31.0 Å². The maximum absolute atomic E-state index is 13.1. The molecule has 3 aromatic rings. The third-order valence-electron chi connectivity index (χ3n) is 5.93. The fourth-order valence-corrected chi connectivity index (χ4v) is 4.15. The van der Waals surface area contributed by atoms with E-state index in [0.717, 1.165) is 18.2 Å². The van der Waals surface area contributed by atoms with Crippen LogP contribution >= 0.6 is 0 Å². The van der Waals surface area contributed by atoms with E-state index in [-0.39, 0.29) is 31.0 Å². The summed E-state index contributed by atoms with van der Waals surface area (Å²) >= 11 is 0. The number of benzene rings is 1. The number of hydrogen-bond acceptors (Lipinski definition) is 6. The van der Waals surface area contributed by atoms with Gasteiger partial charge < -0.3 is 18.9 Å². The van der Waals surface area contributed by atoms with E-state index >= 15 is 0 Å². The molecular formula is C24H20F6N4O3. The Hall–Kier alpha value is -3.79. The van der Waals surface area contributed by atoms with Gasteiger partial charge in [-0.3, -0.25) is 4.79 Å². The van der Waals surface area contributed by atoms with E-state index in [1.54, 1.807) is 11.0 Å². The highest BCUT2D eigenvalue weighted by Crippen LogP contribution is 2.33. The Bertz CT molecular complexity index is 1400. The van der Waals surface area contributed by atoms with Crippen molar-refractivity contribution in [3.8, 4) is 11.8 Å². The van der Waals surface area contributed by atoms with Gasteiger partial charge in [0.05, 0.1) is 16.8 Å². The number of hydrogen-bond donors (Lipinski definition) is 0. The van der Waals surface area contributed by atoms with Gasteiger partial charge in [-0.1, -0.05) is 6.07 Å². The number of halogens is 6. The predicted molar refractivity (Wildman–Crippen MR) is 120 cm³/mol. The standard InChI is InChI=1S/C24H20F6N4O3/c1-33-17-6-5-15(11-31)32-22(17)18(10-21(33)35)34-8-7-19(20(12-34)36-13-23(25,26)27)37-16-4-2-3-14(9-16)24(28,29)30/h2-6,9-10,19-20H,7-8,12-13H2,1H3/t19-,20-/m1/s1. The molecule has 1 aromatic carbocycles. The first-order valence-electron chi connectivity index (χ1n) is 11.0. The minimum absolute atomic E-state index is 0.0768. The van der Waals surface area contributed by atoms with Crippen molar-refractivity contribution < 1.29 is 35.8 Å². The average Bonchev–Trinajstić information content (AvgIpc) is 2.84. The molecule has 7 nitrogen and oxygen atoms in total. The first-order valence-corrected chi connectivity index (χ1v) is 11.0. The lowest BCUT2D eigenvalue weighted by molar-refractivity contribution is -0.193. The minimum Gasteiger partial charge on any atom is -0.488 e. The van der Waals surface area contributed by atoms with Gasteiger partial charge in [-0.15, -0.1) is 0 Å². The predicted octanol–water partition coefficient (Wildman–Crippen LogP) is 4.43. The van der Waals surface area contributed by atoms with E-state index in [2.05, 4.69) is 4.98 Å². The maximum Gasteiger partial charge on any atom is 0.416 e. The van der Waals surface area contributed by atoms with Gasteiger partial charge in [-0.25, -0.2) is 4.98 Å². The summed E-state index contributed by atoms with van der Waals surface area (Å²) in [5.74, 6) is -0.159. The highest BCUT2D eigenvalue weighted by molar-refractivity contribution is 5.88. The number of piperidine rings is 1. The Kier molecular flexibility index (Phi) is 7.05. The first-order chi connectivity index (χ1) is 17.4. The molecule has 4 rings (SSSR count). The maximum atomic E-state index is 13.1. The van der Waals surface area contributed by atoms with Crippen LogP contribution in [-0.4, -0.2) is 47.6 Å². The average molecular weight is 526 g/mol. The summed E-state index contributed by atoms with van der Waals surface area (Å²) in [7, 11) is 1.52. The third-order valence-corrected chi connectivity index (χ3v) is 5.93. The van der Waals surface area contributed by atoms with Gasteiger partial charge in [-0.2, -0.15) is 31.6 Å². The third kappa shape index (κ3) is 5.96. The number of ether oxygens (including phenoxy) is 2. The van der Waals surface area contributed by atoms with Crippen molar-refractivity contribution in [3.05, 3.63) is 64.1 Å². The van der Waals surface area contributed by atoms with Crippen LogP contribution in [0.5, 0.6) is 5.75 Å². The summed E-state index contributed by atoms with van der Waals surface area (Å²) in [6.45, 7) is -1.58. The van der Waals surface area contributed by atoms with Crippen LogP contribution in [0, 0.1) is 11.3 Å². The molecule has 1 aliphatic heterocycles. The quantitative estimate of drug-likeness (QED) is 0.458. The van der Waals surface area contributed by atoms with Crippen LogP contribution < -0.4 is 15.2 Å². The number of nitrogens with zero attached hydrogens (tertiary/aromatic N) is 4. The van der Waals surface area contributed by atoms with Crippen LogP contribution in [0.4, 0.5) is 32.0 Å². The van der Waals surface area contributed by atoms with Crippen LogP contribution in [0.3, 0.4) is 0 Å². The Morgan fingerprint density at radius 1 is 1.11 bits per heavy atom. The molecule has 13 heteroatoms. The normalized spacial score (nSPS) is 18.6. The van der Waals surface area contributed by atoms with Crippen molar-refractivity contribution in [2.75, 3.05) is 24.6 Å². The molecule has 2 atom stereocenters. The van der Waals surface area contributed by atoms with Gasteiger partial charge in [0.15, 0.2) is 0 Å². The molecule has 3 heterocycles. The zero-order valence-corrected chi connectivity index (χ0v) is 19.3. The van der Waals surface area contributed by atoms with E-state index in [1.165, 1.54) is 29.8 Å². The highest BCUT2D eigenvalue weighted by atomic mass is 19.4. The lowest BCUT2D eigenvalue weighted by atomic mass is 10.0. The van der Waals surface area contributed by atoms with E-state index in [1.807, 2.05) is 6.07 Å². The smallest absolute Gasteiger partial charge is 0.416 e. The van der Waals surface area contributed by atoms with Gasteiger partial charge in [0.1, 0.15) is 41.8 Å². The monoisotopic (exact) mass is 526 g/mol. The Labute approximate surface area is 206 Å². The number of aryl methyl sites for hydroxylation is 1. The molecule has 2 aromatic heterocycles. The summed E-state index contributed by atoms with van der Waals surface area (Å²) in [6, 6.07) is 10.2. The molecule has 1 aliphatic rings. The summed E-state index contributed by atoms with van der Waals surface area (Å²) in [4.78, 5) is 18.4. The minimum atomic E-state index is -4.65. The molecule has 0 unspecified atom stereocenters. The van der Waals surface area contributed by atoms with Crippen molar-refractivity contribution in [2.24, 2.45) is 7.05 Å². The van der Waals surface area contributed by atoms with Gasteiger partial charge in [0, 0.05) is 32.6 Å². The van der Waals surface area contributed by atoms with Gasteiger partial charge in [0.25, 0.3) is 5.56 Å². The second-order valence-electron chi connectivity index (χ2n) is 8.48. The Morgan fingerprint density at radius 3 is 2.54 bits per heavy atom. The topological polar surface area (TPSA) is 80.4 Å². The van der Waals surface area contributed by atoms with E-state index in [9.17, 15) is 36.4 Å². The number of alkyl halides is 6. The molecule has 37 heavy (non-hydrogen) atoms. The van der Waals surface area contributed by atoms with Crippen LogP contribution in [0.1, 0.15) is 17.7 Å². The number of pyridine rings is 2. The molecule has 1 fully saturated rings. The molecule has 0 bridgehead atoms.